The minimum Gasteiger partial charge on any atom is -0.370 e. The molecule has 12 heavy (non-hydrogen) atoms. The maximum atomic E-state index is 11.0. The van der Waals surface area contributed by atoms with Crippen LogP contribution >= 0.6 is 0 Å². The van der Waals surface area contributed by atoms with Crippen molar-refractivity contribution < 1.29 is 9.59 Å². The van der Waals surface area contributed by atoms with E-state index in [9.17, 15) is 9.59 Å². The Morgan fingerprint density at radius 3 is 2.83 bits per heavy atom. The maximum Gasteiger partial charge on any atom is 0.219 e. The third-order valence-corrected chi connectivity index (χ3v) is 2.05. The first-order valence-electron chi connectivity index (χ1n) is 3.98. The lowest BCUT2D eigenvalue weighted by Crippen LogP contribution is -2.36. The summed E-state index contributed by atoms with van der Waals surface area (Å²) in [6.45, 7) is 2.15. The summed E-state index contributed by atoms with van der Waals surface area (Å²) in [5, 5.41) is 0. The summed E-state index contributed by atoms with van der Waals surface area (Å²) < 4.78 is 0. The summed E-state index contributed by atoms with van der Waals surface area (Å²) in [5.41, 5.74) is 5.04. The quantitative estimate of drug-likeness (QED) is 0.616. The van der Waals surface area contributed by atoms with Crippen molar-refractivity contribution in [2.24, 2.45) is 5.73 Å². The number of amides is 2. The SMILES string of the molecule is CC(=O)N1C[CH]CC1CC(N)=O. The molecule has 4 nitrogen and oxygen atoms in total. The molecule has 0 aromatic carbocycles. The van der Waals surface area contributed by atoms with E-state index in [4.69, 9.17) is 5.73 Å². The standard InChI is InChI=1S/C8H13N2O2/c1-6(11)10-4-2-3-7(10)5-8(9)12/h2,7H,3-5H2,1H3,(H2,9,12). The first-order chi connectivity index (χ1) is 5.61. The lowest BCUT2D eigenvalue weighted by Gasteiger charge is -2.21. The molecule has 2 amide bonds. The molecule has 1 saturated heterocycles. The highest BCUT2D eigenvalue weighted by molar-refractivity contribution is 5.78. The van der Waals surface area contributed by atoms with Gasteiger partial charge in [-0.3, -0.25) is 9.59 Å². The molecule has 4 heteroatoms. The van der Waals surface area contributed by atoms with Crippen LogP contribution in [0.4, 0.5) is 0 Å². The summed E-state index contributed by atoms with van der Waals surface area (Å²) in [6, 6.07) is -0.000000000000000222. The third kappa shape index (κ3) is 1.96. The van der Waals surface area contributed by atoms with Gasteiger partial charge >= 0.3 is 0 Å². The van der Waals surface area contributed by atoms with E-state index in [0.717, 1.165) is 6.42 Å². The summed E-state index contributed by atoms with van der Waals surface area (Å²) in [4.78, 5) is 23.3. The second kappa shape index (κ2) is 3.56. The normalized spacial score (nSPS) is 22.8. The molecule has 0 spiro atoms. The van der Waals surface area contributed by atoms with Crippen LogP contribution in [0.2, 0.25) is 0 Å². The Balaban J connectivity index is 2.52. The van der Waals surface area contributed by atoms with Crippen LogP contribution < -0.4 is 5.73 Å². The van der Waals surface area contributed by atoms with Gasteiger partial charge in [-0.15, -0.1) is 0 Å². The monoisotopic (exact) mass is 169 g/mol. The fraction of sp³-hybridized carbons (Fsp3) is 0.625. The van der Waals surface area contributed by atoms with Crippen LogP contribution in [0.3, 0.4) is 0 Å². The minimum absolute atomic E-state index is 0.000000000000000222. The van der Waals surface area contributed by atoms with Gasteiger partial charge in [-0.05, 0) is 12.8 Å². The molecule has 1 aliphatic heterocycles. The molecule has 1 radical (unpaired) electrons. The van der Waals surface area contributed by atoms with E-state index in [1.54, 1.807) is 4.90 Å². The van der Waals surface area contributed by atoms with Crippen LogP contribution in [0.5, 0.6) is 0 Å². The maximum absolute atomic E-state index is 11.0. The second-order valence-corrected chi connectivity index (χ2v) is 3.02. The van der Waals surface area contributed by atoms with Crippen molar-refractivity contribution in [2.75, 3.05) is 6.54 Å². The number of hydrogen-bond acceptors (Lipinski definition) is 2. The van der Waals surface area contributed by atoms with E-state index < -0.39 is 0 Å². The zero-order valence-electron chi connectivity index (χ0n) is 7.12. The van der Waals surface area contributed by atoms with E-state index in [0.29, 0.717) is 6.54 Å². The average Bonchev–Trinajstić information content (AvgIpc) is 2.33. The summed E-state index contributed by atoms with van der Waals surface area (Å²) >= 11 is 0. The molecule has 0 aromatic heterocycles. The van der Waals surface area contributed by atoms with Gasteiger partial charge in [0.05, 0.1) is 0 Å². The van der Waals surface area contributed by atoms with Gasteiger partial charge in [0.2, 0.25) is 11.8 Å². The van der Waals surface area contributed by atoms with Gasteiger partial charge in [-0.25, -0.2) is 0 Å². The molecule has 1 fully saturated rings. The van der Waals surface area contributed by atoms with Crippen molar-refractivity contribution in [3.63, 3.8) is 0 Å². The van der Waals surface area contributed by atoms with E-state index in [-0.39, 0.29) is 24.3 Å². The molecular formula is C8H13N2O2. The van der Waals surface area contributed by atoms with E-state index in [2.05, 4.69) is 0 Å². The van der Waals surface area contributed by atoms with Crippen LogP contribution in [-0.2, 0) is 9.59 Å². The Hall–Kier alpha value is -1.06. The zero-order valence-corrected chi connectivity index (χ0v) is 7.12. The van der Waals surface area contributed by atoms with Gasteiger partial charge in [0.1, 0.15) is 0 Å². The smallest absolute Gasteiger partial charge is 0.219 e. The molecule has 1 unspecified atom stereocenters. The molecule has 0 bridgehead atoms. The Kier molecular flexibility index (Phi) is 2.68. The molecule has 1 aliphatic rings. The molecule has 0 aliphatic carbocycles. The molecule has 0 aromatic rings. The lowest BCUT2D eigenvalue weighted by molar-refractivity contribution is -0.130. The molecular weight excluding hydrogens is 156 g/mol. The van der Waals surface area contributed by atoms with Crippen LogP contribution in [0, 0.1) is 6.42 Å². The zero-order chi connectivity index (χ0) is 9.14. The molecule has 2 N–H and O–H groups in total. The number of hydrogen-bond donors (Lipinski definition) is 1. The van der Waals surface area contributed by atoms with Gasteiger partial charge in [-0.1, -0.05) is 0 Å². The van der Waals surface area contributed by atoms with Crippen molar-refractivity contribution in [3.05, 3.63) is 6.42 Å². The number of carbonyl (C=O) groups is 2. The van der Waals surface area contributed by atoms with E-state index >= 15 is 0 Å². The van der Waals surface area contributed by atoms with Crippen LogP contribution in [0.25, 0.3) is 0 Å². The molecule has 0 saturated carbocycles. The Morgan fingerprint density at radius 1 is 1.67 bits per heavy atom. The highest BCUT2D eigenvalue weighted by atomic mass is 16.2. The lowest BCUT2D eigenvalue weighted by atomic mass is 10.1. The predicted octanol–water partition coefficient (Wildman–Crippen LogP) is -0.313. The fourth-order valence-corrected chi connectivity index (χ4v) is 1.49. The van der Waals surface area contributed by atoms with Crippen molar-refractivity contribution in [3.8, 4) is 0 Å². The van der Waals surface area contributed by atoms with Crippen LogP contribution in [-0.4, -0.2) is 29.3 Å². The van der Waals surface area contributed by atoms with E-state index in [1.807, 2.05) is 6.42 Å². The van der Waals surface area contributed by atoms with Crippen molar-refractivity contribution in [1.82, 2.24) is 4.90 Å². The van der Waals surface area contributed by atoms with Gasteiger partial charge in [0.25, 0.3) is 0 Å². The Bertz CT molecular complexity index is 203. The number of nitrogens with two attached hydrogens (primary N) is 1. The summed E-state index contributed by atoms with van der Waals surface area (Å²) in [6.07, 6.45) is 3.05. The van der Waals surface area contributed by atoms with Gasteiger partial charge in [0, 0.05) is 25.9 Å². The molecule has 67 valence electrons. The molecule has 1 heterocycles. The van der Waals surface area contributed by atoms with Gasteiger partial charge < -0.3 is 10.6 Å². The highest BCUT2D eigenvalue weighted by Gasteiger charge is 2.27. The number of primary amides is 1. The highest BCUT2D eigenvalue weighted by Crippen LogP contribution is 2.18. The Morgan fingerprint density at radius 2 is 2.33 bits per heavy atom. The number of likely N-dealkylation sites (tertiary alicyclic amines) is 1. The minimum atomic E-state index is -0.346. The third-order valence-electron chi connectivity index (χ3n) is 2.05. The summed E-state index contributed by atoms with van der Waals surface area (Å²) in [5.74, 6) is -0.337. The predicted molar refractivity (Wildman–Crippen MR) is 43.9 cm³/mol. The van der Waals surface area contributed by atoms with E-state index in [1.165, 1.54) is 6.92 Å². The van der Waals surface area contributed by atoms with Gasteiger partial charge in [-0.2, -0.15) is 0 Å². The Labute approximate surface area is 71.7 Å². The number of nitrogens with zero attached hydrogens (tertiary/aromatic N) is 1. The van der Waals surface area contributed by atoms with Crippen molar-refractivity contribution >= 4 is 11.8 Å². The summed E-state index contributed by atoms with van der Waals surface area (Å²) in [7, 11) is 0. The largest absolute Gasteiger partial charge is 0.370 e. The van der Waals surface area contributed by atoms with Crippen molar-refractivity contribution in [1.29, 1.82) is 0 Å². The van der Waals surface area contributed by atoms with Gasteiger partial charge in [0.15, 0.2) is 0 Å². The topological polar surface area (TPSA) is 63.4 Å². The average molecular weight is 169 g/mol. The van der Waals surface area contributed by atoms with Crippen LogP contribution in [0.1, 0.15) is 19.8 Å². The molecule has 1 atom stereocenters. The molecule has 1 rings (SSSR count). The van der Waals surface area contributed by atoms with Crippen molar-refractivity contribution in [2.45, 2.75) is 25.8 Å². The number of carbonyl (C=O) groups excluding carboxylic acids is 2. The number of rotatable bonds is 2. The first kappa shape index (κ1) is 9.03. The fourth-order valence-electron chi connectivity index (χ4n) is 1.49. The van der Waals surface area contributed by atoms with Crippen LogP contribution in [0.15, 0.2) is 0 Å². The second-order valence-electron chi connectivity index (χ2n) is 3.02. The first-order valence-corrected chi connectivity index (χ1v) is 3.98.